The Labute approximate surface area is 99.1 Å². The zero-order chi connectivity index (χ0) is 12.4. The Morgan fingerprint density at radius 1 is 1.41 bits per heavy atom. The Balaban J connectivity index is 2.37. The number of nitrogens with two attached hydrogens (primary N) is 1. The molecular weight excluding hydrogens is 218 g/mol. The highest BCUT2D eigenvalue weighted by Crippen LogP contribution is 2.21. The van der Waals surface area contributed by atoms with Crippen molar-refractivity contribution in [3.63, 3.8) is 0 Å². The molecule has 0 saturated heterocycles. The number of nitrogens with zero attached hydrogens (tertiary/aromatic N) is 1. The minimum atomic E-state index is -0.303. The highest BCUT2D eigenvalue weighted by atomic mass is 16.3. The first-order valence-corrected chi connectivity index (χ1v) is 5.28. The first-order valence-electron chi connectivity index (χ1n) is 5.28. The molecule has 5 heteroatoms. The van der Waals surface area contributed by atoms with E-state index in [4.69, 9.17) is 10.3 Å². The van der Waals surface area contributed by atoms with Crippen molar-refractivity contribution in [1.29, 1.82) is 0 Å². The van der Waals surface area contributed by atoms with E-state index < -0.39 is 0 Å². The highest BCUT2D eigenvalue weighted by Gasteiger charge is 2.08. The number of carbonyl (C=O) groups is 1. The van der Waals surface area contributed by atoms with E-state index in [1.54, 1.807) is 18.2 Å². The van der Waals surface area contributed by atoms with Crippen molar-refractivity contribution in [3.05, 3.63) is 35.6 Å². The van der Waals surface area contributed by atoms with E-state index in [9.17, 15) is 4.79 Å². The zero-order valence-electron chi connectivity index (χ0n) is 9.86. The number of nitrogens with one attached hydrogen (secondary N) is 1. The molecule has 0 fully saturated rings. The van der Waals surface area contributed by atoms with Crippen LogP contribution in [-0.4, -0.2) is 24.9 Å². The van der Waals surface area contributed by atoms with Gasteiger partial charge >= 0.3 is 0 Å². The Kier molecular flexibility index (Phi) is 3.12. The molecular formula is C12H15N3O2. The molecule has 0 bridgehead atoms. The van der Waals surface area contributed by atoms with Gasteiger partial charge in [0.1, 0.15) is 11.3 Å². The number of benzene rings is 1. The van der Waals surface area contributed by atoms with Crippen LogP contribution in [0, 0.1) is 0 Å². The Morgan fingerprint density at radius 3 is 2.82 bits per heavy atom. The van der Waals surface area contributed by atoms with Crippen LogP contribution in [0.1, 0.15) is 16.1 Å². The third-order valence-electron chi connectivity index (χ3n) is 2.43. The van der Waals surface area contributed by atoms with E-state index in [0.29, 0.717) is 5.56 Å². The SMILES string of the molecule is CN(C)Cc1cc2cc(C(=O)NN)ccc2o1. The molecule has 0 aliphatic rings. The Hall–Kier alpha value is -1.85. The highest BCUT2D eigenvalue weighted by molar-refractivity contribution is 5.97. The second kappa shape index (κ2) is 4.57. The third-order valence-corrected chi connectivity index (χ3v) is 2.43. The molecule has 5 nitrogen and oxygen atoms in total. The molecule has 1 heterocycles. The summed E-state index contributed by atoms with van der Waals surface area (Å²) in [5, 5.41) is 0.906. The van der Waals surface area contributed by atoms with Gasteiger partial charge in [0.05, 0.1) is 6.54 Å². The van der Waals surface area contributed by atoms with E-state index in [1.165, 1.54) is 0 Å². The quantitative estimate of drug-likeness (QED) is 0.473. The summed E-state index contributed by atoms with van der Waals surface area (Å²) in [6, 6.07) is 7.16. The van der Waals surface area contributed by atoms with E-state index in [-0.39, 0.29) is 5.91 Å². The summed E-state index contributed by atoms with van der Waals surface area (Å²) in [7, 11) is 3.95. The molecule has 2 aromatic rings. The second-order valence-electron chi connectivity index (χ2n) is 4.18. The van der Waals surface area contributed by atoms with Crippen LogP contribution >= 0.6 is 0 Å². The lowest BCUT2D eigenvalue weighted by atomic mass is 10.1. The minimum absolute atomic E-state index is 0.303. The smallest absolute Gasteiger partial charge is 0.265 e. The lowest BCUT2D eigenvalue weighted by Gasteiger charge is -2.04. The predicted octanol–water partition coefficient (Wildman–Crippen LogP) is 1.10. The topological polar surface area (TPSA) is 71.5 Å². The van der Waals surface area contributed by atoms with Crippen molar-refractivity contribution in [2.75, 3.05) is 14.1 Å². The number of nitrogen functional groups attached to an aromatic ring is 1. The number of furan rings is 1. The molecule has 0 unspecified atom stereocenters. The summed E-state index contributed by atoms with van der Waals surface area (Å²) < 4.78 is 5.64. The molecule has 3 N–H and O–H groups in total. The first-order chi connectivity index (χ1) is 8.10. The fourth-order valence-electron chi connectivity index (χ4n) is 1.71. The number of fused-ring (bicyclic) bond motifs is 1. The number of hydrazine groups is 1. The molecule has 1 aromatic carbocycles. The van der Waals surface area contributed by atoms with Crippen LogP contribution in [-0.2, 0) is 6.54 Å². The van der Waals surface area contributed by atoms with E-state index in [0.717, 1.165) is 23.3 Å². The summed E-state index contributed by atoms with van der Waals surface area (Å²) in [4.78, 5) is 13.4. The number of amides is 1. The van der Waals surface area contributed by atoms with Gasteiger partial charge in [-0.3, -0.25) is 10.2 Å². The Morgan fingerprint density at radius 2 is 2.18 bits per heavy atom. The van der Waals surface area contributed by atoms with Gasteiger partial charge in [0.2, 0.25) is 0 Å². The molecule has 0 radical (unpaired) electrons. The summed E-state index contributed by atoms with van der Waals surface area (Å²) in [5.41, 5.74) is 3.41. The molecule has 1 aromatic heterocycles. The van der Waals surface area contributed by atoms with Gasteiger partial charge in [-0.2, -0.15) is 0 Å². The number of rotatable bonds is 3. The number of hydrogen-bond donors (Lipinski definition) is 2. The standard InChI is InChI=1S/C12H15N3O2/c1-15(2)7-10-6-9-5-8(12(16)14-13)3-4-11(9)17-10/h3-6H,7,13H2,1-2H3,(H,14,16). The fourth-order valence-corrected chi connectivity index (χ4v) is 1.71. The molecule has 1 amide bonds. The zero-order valence-corrected chi connectivity index (χ0v) is 9.86. The summed E-state index contributed by atoms with van der Waals surface area (Å²) in [6.45, 7) is 0.729. The van der Waals surface area contributed by atoms with Gasteiger partial charge < -0.3 is 9.32 Å². The molecule has 0 aliphatic heterocycles. The summed E-state index contributed by atoms with van der Waals surface area (Å²) >= 11 is 0. The van der Waals surface area contributed by atoms with Gasteiger partial charge in [0.25, 0.3) is 5.91 Å². The van der Waals surface area contributed by atoms with E-state index >= 15 is 0 Å². The van der Waals surface area contributed by atoms with Crippen molar-refractivity contribution in [2.24, 2.45) is 5.84 Å². The largest absolute Gasteiger partial charge is 0.460 e. The maximum absolute atomic E-state index is 11.4. The van der Waals surface area contributed by atoms with Gasteiger partial charge in [0, 0.05) is 10.9 Å². The average molecular weight is 233 g/mol. The van der Waals surface area contributed by atoms with E-state index in [1.807, 2.05) is 25.1 Å². The van der Waals surface area contributed by atoms with Gasteiger partial charge in [-0.1, -0.05) is 0 Å². The molecule has 90 valence electrons. The van der Waals surface area contributed by atoms with E-state index in [2.05, 4.69) is 5.43 Å². The van der Waals surface area contributed by atoms with Crippen LogP contribution in [0.2, 0.25) is 0 Å². The maximum atomic E-state index is 11.4. The minimum Gasteiger partial charge on any atom is -0.460 e. The molecule has 0 spiro atoms. The maximum Gasteiger partial charge on any atom is 0.265 e. The van der Waals surface area contributed by atoms with Crippen LogP contribution < -0.4 is 11.3 Å². The first kappa shape index (κ1) is 11.6. The van der Waals surface area contributed by atoms with Crippen molar-refractivity contribution < 1.29 is 9.21 Å². The van der Waals surface area contributed by atoms with Crippen molar-refractivity contribution in [3.8, 4) is 0 Å². The van der Waals surface area contributed by atoms with Gasteiger partial charge in [0.15, 0.2) is 0 Å². The van der Waals surface area contributed by atoms with Crippen LogP contribution in [0.15, 0.2) is 28.7 Å². The number of hydrogen-bond acceptors (Lipinski definition) is 4. The van der Waals surface area contributed by atoms with Gasteiger partial charge in [-0.15, -0.1) is 0 Å². The average Bonchev–Trinajstić information content (AvgIpc) is 2.67. The van der Waals surface area contributed by atoms with Crippen LogP contribution in [0.4, 0.5) is 0 Å². The van der Waals surface area contributed by atoms with Crippen molar-refractivity contribution >= 4 is 16.9 Å². The molecule has 2 rings (SSSR count). The predicted molar refractivity (Wildman–Crippen MR) is 65.3 cm³/mol. The summed E-state index contributed by atoms with van der Waals surface area (Å²) in [5.74, 6) is 5.66. The van der Waals surface area contributed by atoms with Gasteiger partial charge in [-0.25, -0.2) is 5.84 Å². The van der Waals surface area contributed by atoms with Crippen molar-refractivity contribution in [2.45, 2.75) is 6.54 Å². The third kappa shape index (κ3) is 2.46. The number of carbonyl (C=O) groups excluding carboxylic acids is 1. The summed E-state index contributed by atoms with van der Waals surface area (Å²) in [6.07, 6.45) is 0. The van der Waals surface area contributed by atoms with Crippen LogP contribution in [0.25, 0.3) is 11.0 Å². The Bertz CT molecular complexity index is 546. The lowest BCUT2D eigenvalue weighted by Crippen LogP contribution is -2.29. The molecule has 0 saturated carbocycles. The van der Waals surface area contributed by atoms with Gasteiger partial charge in [-0.05, 0) is 38.4 Å². The van der Waals surface area contributed by atoms with Crippen LogP contribution in [0.3, 0.4) is 0 Å². The second-order valence-corrected chi connectivity index (χ2v) is 4.18. The fraction of sp³-hybridized carbons (Fsp3) is 0.250. The van der Waals surface area contributed by atoms with Crippen LogP contribution in [0.5, 0.6) is 0 Å². The van der Waals surface area contributed by atoms with Crippen molar-refractivity contribution in [1.82, 2.24) is 10.3 Å². The monoisotopic (exact) mass is 233 g/mol. The normalized spacial score (nSPS) is 11.1. The molecule has 17 heavy (non-hydrogen) atoms. The lowest BCUT2D eigenvalue weighted by molar-refractivity contribution is 0.0954. The molecule has 0 aliphatic carbocycles. The molecule has 0 atom stereocenters.